The third kappa shape index (κ3) is 5.70. The van der Waals surface area contributed by atoms with E-state index in [1.807, 2.05) is 6.92 Å². The molecule has 0 spiro atoms. The van der Waals surface area contributed by atoms with Crippen molar-refractivity contribution in [3.05, 3.63) is 23.8 Å². The second kappa shape index (κ2) is 9.00. The van der Waals surface area contributed by atoms with Crippen LogP contribution in [0.3, 0.4) is 0 Å². The standard InChI is InChI=1S/C17H24N2O6S/c1-3-4-9-18-16(20)11-25-17(21)12-5-8-14(24-2)15(10-12)26(22,23)19-13-6-7-13/h5,8,10,13,19H,3-4,6-7,9,11H2,1-2H3,(H,18,20). The molecule has 0 aliphatic heterocycles. The average Bonchev–Trinajstić information content (AvgIpc) is 3.42. The number of hydrogen-bond donors (Lipinski definition) is 2. The molecule has 2 N–H and O–H groups in total. The van der Waals surface area contributed by atoms with Crippen molar-refractivity contribution >= 4 is 21.9 Å². The van der Waals surface area contributed by atoms with E-state index < -0.39 is 28.5 Å². The van der Waals surface area contributed by atoms with Gasteiger partial charge < -0.3 is 14.8 Å². The maximum Gasteiger partial charge on any atom is 0.338 e. The number of carbonyl (C=O) groups excluding carboxylic acids is 2. The smallest absolute Gasteiger partial charge is 0.338 e. The van der Waals surface area contributed by atoms with E-state index in [9.17, 15) is 18.0 Å². The Labute approximate surface area is 153 Å². The fraction of sp³-hybridized carbons (Fsp3) is 0.529. The molecule has 0 heterocycles. The van der Waals surface area contributed by atoms with E-state index in [-0.39, 0.29) is 22.3 Å². The van der Waals surface area contributed by atoms with Gasteiger partial charge in [-0.3, -0.25) is 4.79 Å². The summed E-state index contributed by atoms with van der Waals surface area (Å²) in [4.78, 5) is 23.6. The fourth-order valence-electron chi connectivity index (χ4n) is 2.17. The highest BCUT2D eigenvalue weighted by Gasteiger charge is 2.30. The molecule has 0 bridgehead atoms. The second-order valence-electron chi connectivity index (χ2n) is 6.04. The summed E-state index contributed by atoms with van der Waals surface area (Å²) in [7, 11) is -2.45. The van der Waals surface area contributed by atoms with Gasteiger partial charge in [0, 0.05) is 12.6 Å². The Morgan fingerprint density at radius 1 is 1.27 bits per heavy atom. The van der Waals surface area contributed by atoms with Crippen molar-refractivity contribution in [1.82, 2.24) is 10.0 Å². The molecule has 0 aromatic heterocycles. The Morgan fingerprint density at radius 3 is 2.62 bits per heavy atom. The van der Waals surface area contributed by atoms with Gasteiger partial charge in [0.1, 0.15) is 10.6 Å². The van der Waals surface area contributed by atoms with Gasteiger partial charge in [-0.15, -0.1) is 0 Å². The van der Waals surface area contributed by atoms with Crippen LogP contribution >= 0.6 is 0 Å². The molecule has 1 aromatic carbocycles. The highest BCUT2D eigenvalue weighted by molar-refractivity contribution is 7.89. The molecule has 0 atom stereocenters. The summed E-state index contributed by atoms with van der Waals surface area (Å²) in [5.74, 6) is -1.04. The lowest BCUT2D eigenvalue weighted by molar-refractivity contribution is -0.124. The van der Waals surface area contributed by atoms with Crippen molar-refractivity contribution in [1.29, 1.82) is 0 Å². The molecule has 8 nitrogen and oxygen atoms in total. The van der Waals surface area contributed by atoms with Crippen molar-refractivity contribution in [3.63, 3.8) is 0 Å². The summed E-state index contributed by atoms with van der Waals surface area (Å²) in [5, 5.41) is 2.63. The van der Waals surface area contributed by atoms with E-state index in [2.05, 4.69) is 10.0 Å². The maximum atomic E-state index is 12.4. The zero-order valence-corrected chi connectivity index (χ0v) is 15.7. The van der Waals surface area contributed by atoms with Gasteiger partial charge >= 0.3 is 5.97 Å². The predicted molar refractivity (Wildman–Crippen MR) is 94.5 cm³/mol. The molecule has 0 saturated heterocycles. The van der Waals surface area contributed by atoms with Gasteiger partial charge in [-0.05, 0) is 37.5 Å². The zero-order chi connectivity index (χ0) is 19.2. The highest BCUT2D eigenvalue weighted by atomic mass is 32.2. The molecule has 1 fully saturated rings. The van der Waals surface area contributed by atoms with Crippen LogP contribution in [0.4, 0.5) is 0 Å². The van der Waals surface area contributed by atoms with Gasteiger partial charge in [0.05, 0.1) is 12.7 Å². The van der Waals surface area contributed by atoms with E-state index in [0.717, 1.165) is 25.7 Å². The SMILES string of the molecule is CCCCNC(=O)COC(=O)c1ccc(OC)c(S(=O)(=O)NC2CC2)c1. The number of ether oxygens (including phenoxy) is 2. The normalized spacial score (nSPS) is 13.9. The van der Waals surface area contributed by atoms with E-state index in [1.165, 1.54) is 25.3 Å². The molecule has 144 valence electrons. The molecular weight excluding hydrogens is 360 g/mol. The Bertz CT molecular complexity index is 759. The number of carbonyl (C=O) groups is 2. The highest BCUT2D eigenvalue weighted by Crippen LogP contribution is 2.28. The van der Waals surface area contributed by atoms with Crippen molar-refractivity contribution in [2.75, 3.05) is 20.3 Å². The molecule has 0 unspecified atom stereocenters. The summed E-state index contributed by atoms with van der Waals surface area (Å²) in [6.45, 7) is 2.10. The molecule has 1 amide bonds. The van der Waals surface area contributed by atoms with Crippen LogP contribution in [-0.4, -0.2) is 46.6 Å². The van der Waals surface area contributed by atoms with Gasteiger partial charge in [-0.25, -0.2) is 17.9 Å². The van der Waals surface area contributed by atoms with Crippen molar-refractivity contribution in [2.24, 2.45) is 0 Å². The van der Waals surface area contributed by atoms with Crippen LogP contribution in [0.2, 0.25) is 0 Å². The van der Waals surface area contributed by atoms with Crippen LogP contribution in [0.15, 0.2) is 23.1 Å². The minimum Gasteiger partial charge on any atom is -0.495 e. The Kier molecular flexibility index (Phi) is 6.98. The molecule has 1 aromatic rings. The number of nitrogens with one attached hydrogen (secondary N) is 2. The summed E-state index contributed by atoms with van der Waals surface area (Å²) in [6, 6.07) is 3.90. The number of benzene rings is 1. The molecule has 1 aliphatic carbocycles. The van der Waals surface area contributed by atoms with Crippen molar-refractivity contribution < 1.29 is 27.5 Å². The second-order valence-corrected chi connectivity index (χ2v) is 7.72. The van der Waals surface area contributed by atoms with Crippen LogP contribution in [0.25, 0.3) is 0 Å². The molecule has 9 heteroatoms. The average molecular weight is 384 g/mol. The Balaban J connectivity index is 2.05. The predicted octanol–water partition coefficient (Wildman–Crippen LogP) is 1.21. The first kappa shape index (κ1) is 20.2. The monoisotopic (exact) mass is 384 g/mol. The van der Waals surface area contributed by atoms with E-state index in [1.54, 1.807) is 0 Å². The van der Waals surface area contributed by atoms with Crippen LogP contribution in [-0.2, 0) is 19.6 Å². The molecule has 0 radical (unpaired) electrons. The van der Waals surface area contributed by atoms with Crippen molar-refractivity contribution in [2.45, 2.75) is 43.5 Å². The third-order valence-corrected chi connectivity index (χ3v) is 5.32. The van der Waals surface area contributed by atoms with Crippen LogP contribution < -0.4 is 14.8 Å². The number of methoxy groups -OCH3 is 1. The summed E-state index contributed by atoms with van der Waals surface area (Å²) in [6.07, 6.45) is 3.36. The topological polar surface area (TPSA) is 111 Å². The van der Waals surface area contributed by atoms with Gasteiger partial charge in [-0.2, -0.15) is 0 Å². The molecule has 1 saturated carbocycles. The van der Waals surface area contributed by atoms with Gasteiger partial charge in [0.15, 0.2) is 6.61 Å². The Hall–Kier alpha value is -2.13. The lowest BCUT2D eigenvalue weighted by atomic mass is 10.2. The van der Waals surface area contributed by atoms with E-state index in [0.29, 0.717) is 6.54 Å². The van der Waals surface area contributed by atoms with Gasteiger partial charge in [-0.1, -0.05) is 13.3 Å². The lowest BCUT2D eigenvalue weighted by Gasteiger charge is -2.12. The van der Waals surface area contributed by atoms with Crippen LogP contribution in [0, 0.1) is 0 Å². The molecular formula is C17H24N2O6S. The van der Waals surface area contributed by atoms with Gasteiger partial charge in [0.25, 0.3) is 5.91 Å². The minimum absolute atomic E-state index is 0.0309. The summed E-state index contributed by atoms with van der Waals surface area (Å²) >= 11 is 0. The lowest BCUT2D eigenvalue weighted by Crippen LogP contribution is -2.29. The van der Waals surface area contributed by atoms with E-state index in [4.69, 9.17) is 9.47 Å². The van der Waals surface area contributed by atoms with E-state index >= 15 is 0 Å². The number of rotatable bonds is 10. The van der Waals surface area contributed by atoms with Crippen LogP contribution in [0.1, 0.15) is 43.0 Å². The van der Waals surface area contributed by atoms with Gasteiger partial charge in [0.2, 0.25) is 10.0 Å². The minimum atomic E-state index is -3.80. The Morgan fingerprint density at radius 2 is 2.00 bits per heavy atom. The number of sulfonamides is 1. The quantitative estimate of drug-likeness (QED) is 0.463. The van der Waals surface area contributed by atoms with Crippen LogP contribution in [0.5, 0.6) is 5.75 Å². The maximum absolute atomic E-state index is 12.4. The number of amides is 1. The first-order chi connectivity index (χ1) is 12.4. The largest absolute Gasteiger partial charge is 0.495 e. The van der Waals surface area contributed by atoms with Crippen molar-refractivity contribution in [3.8, 4) is 5.75 Å². The number of hydrogen-bond acceptors (Lipinski definition) is 6. The molecule has 1 aliphatic rings. The first-order valence-electron chi connectivity index (χ1n) is 8.51. The fourth-order valence-corrected chi connectivity index (χ4v) is 3.67. The third-order valence-electron chi connectivity index (χ3n) is 3.77. The summed E-state index contributed by atoms with van der Waals surface area (Å²) < 4.78 is 37.5. The number of unbranched alkanes of at least 4 members (excludes halogenated alkanes) is 1. The first-order valence-corrected chi connectivity index (χ1v) is 10.00. The molecule has 2 rings (SSSR count). The summed E-state index contributed by atoms with van der Waals surface area (Å²) in [5.41, 5.74) is 0.0309. The zero-order valence-electron chi connectivity index (χ0n) is 14.9. The molecule has 26 heavy (non-hydrogen) atoms. The number of esters is 1.